The van der Waals surface area contributed by atoms with Crippen molar-refractivity contribution in [1.29, 1.82) is 0 Å². The minimum atomic E-state index is -4.50. The second kappa shape index (κ2) is 7.32. The molecule has 0 bridgehead atoms. The highest BCUT2D eigenvalue weighted by atomic mass is 19.4. The van der Waals surface area contributed by atoms with Crippen molar-refractivity contribution in [2.75, 3.05) is 20.3 Å². The molecule has 0 heterocycles. The molecule has 8 heteroatoms. The minimum absolute atomic E-state index is 0.327. The summed E-state index contributed by atoms with van der Waals surface area (Å²) in [5.41, 5.74) is 0. The van der Waals surface area contributed by atoms with Crippen LogP contribution in [0.4, 0.5) is 13.2 Å². The van der Waals surface area contributed by atoms with Crippen LogP contribution in [0.5, 0.6) is 0 Å². The van der Waals surface area contributed by atoms with Gasteiger partial charge in [-0.2, -0.15) is 13.2 Å². The van der Waals surface area contributed by atoms with E-state index < -0.39 is 30.8 Å². The van der Waals surface area contributed by atoms with Gasteiger partial charge in [0, 0.05) is 6.04 Å². The lowest BCUT2D eigenvalue weighted by Crippen LogP contribution is -2.46. The second-order valence-electron chi connectivity index (χ2n) is 4.20. The number of hydrogen-bond donors (Lipinski definition) is 0. The predicted octanol–water partition coefficient (Wildman–Crippen LogP) is 1.36. The summed E-state index contributed by atoms with van der Waals surface area (Å²) < 4.78 is 44.8. The first kappa shape index (κ1) is 17.7. The monoisotopic (exact) mass is 285 g/mol. The molecule has 0 aromatic carbocycles. The predicted molar refractivity (Wildman–Crippen MR) is 60.3 cm³/mol. The first-order valence-corrected chi connectivity index (χ1v) is 5.64. The van der Waals surface area contributed by atoms with Gasteiger partial charge in [0.1, 0.15) is 19.3 Å². The molecule has 0 fully saturated rings. The van der Waals surface area contributed by atoms with Gasteiger partial charge in [0.2, 0.25) is 0 Å². The number of alkyl halides is 3. The van der Waals surface area contributed by atoms with E-state index in [1.54, 1.807) is 13.8 Å². The second-order valence-corrected chi connectivity index (χ2v) is 4.20. The number of ether oxygens (including phenoxy) is 2. The number of amides is 1. The summed E-state index contributed by atoms with van der Waals surface area (Å²) >= 11 is 0. The average Bonchev–Trinajstić information content (AvgIpc) is 2.30. The van der Waals surface area contributed by atoms with Gasteiger partial charge in [-0.25, -0.2) is 0 Å². The van der Waals surface area contributed by atoms with Gasteiger partial charge < -0.3 is 14.4 Å². The topological polar surface area (TPSA) is 55.8 Å². The van der Waals surface area contributed by atoms with E-state index in [4.69, 9.17) is 0 Å². The van der Waals surface area contributed by atoms with Crippen LogP contribution in [-0.4, -0.2) is 55.4 Å². The van der Waals surface area contributed by atoms with Crippen LogP contribution in [0.25, 0.3) is 0 Å². The Morgan fingerprint density at radius 1 is 1.21 bits per heavy atom. The fourth-order valence-electron chi connectivity index (χ4n) is 1.24. The van der Waals surface area contributed by atoms with Crippen LogP contribution in [0, 0.1) is 0 Å². The Morgan fingerprint density at radius 2 is 1.74 bits per heavy atom. The third-order valence-corrected chi connectivity index (χ3v) is 2.28. The Bertz CT molecular complexity index is 318. The van der Waals surface area contributed by atoms with Crippen LogP contribution in [0.2, 0.25) is 0 Å². The molecule has 0 aliphatic rings. The first-order chi connectivity index (χ1) is 8.58. The molecule has 0 saturated heterocycles. The van der Waals surface area contributed by atoms with E-state index in [0.29, 0.717) is 0 Å². The Kier molecular flexibility index (Phi) is 6.82. The van der Waals surface area contributed by atoms with E-state index in [2.05, 4.69) is 9.47 Å². The molecule has 0 aromatic rings. The highest BCUT2D eigenvalue weighted by Crippen LogP contribution is 2.16. The SMILES string of the molecule is COC(=O)CN(C(=O)C(C)OCC(F)(F)F)C(C)C. The minimum Gasteiger partial charge on any atom is -0.468 e. The lowest BCUT2D eigenvalue weighted by molar-refractivity contribution is -0.189. The molecule has 0 N–H and O–H groups in total. The fourth-order valence-corrected chi connectivity index (χ4v) is 1.24. The molecule has 0 rings (SSSR count). The van der Waals surface area contributed by atoms with Crippen molar-refractivity contribution in [3.8, 4) is 0 Å². The Hall–Kier alpha value is -1.31. The summed E-state index contributed by atoms with van der Waals surface area (Å²) in [6.07, 6.45) is -5.78. The quantitative estimate of drug-likeness (QED) is 0.692. The summed E-state index contributed by atoms with van der Waals surface area (Å²) in [6, 6.07) is -0.358. The number of methoxy groups -OCH3 is 1. The fraction of sp³-hybridized carbons (Fsp3) is 0.818. The van der Waals surface area contributed by atoms with E-state index in [9.17, 15) is 22.8 Å². The molecule has 0 saturated carbocycles. The van der Waals surface area contributed by atoms with Crippen LogP contribution in [0.15, 0.2) is 0 Å². The van der Waals surface area contributed by atoms with Gasteiger partial charge in [0.15, 0.2) is 0 Å². The highest BCUT2D eigenvalue weighted by molar-refractivity contribution is 5.85. The smallest absolute Gasteiger partial charge is 0.411 e. The van der Waals surface area contributed by atoms with E-state index >= 15 is 0 Å². The zero-order valence-corrected chi connectivity index (χ0v) is 11.3. The van der Waals surface area contributed by atoms with E-state index in [1.165, 1.54) is 6.92 Å². The van der Waals surface area contributed by atoms with E-state index in [1.807, 2.05) is 0 Å². The Morgan fingerprint density at radius 3 is 2.11 bits per heavy atom. The van der Waals surface area contributed by atoms with Gasteiger partial charge in [0.25, 0.3) is 5.91 Å². The van der Waals surface area contributed by atoms with Crippen LogP contribution < -0.4 is 0 Å². The molecule has 1 atom stereocenters. The van der Waals surface area contributed by atoms with E-state index in [0.717, 1.165) is 12.0 Å². The van der Waals surface area contributed by atoms with Crippen molar-refractivity contribution in [3.05, 3.63) is 0 Å². The van der Waals surface area contributed by atoms with Gasteiger partial charge in [-0.15, -0.1) is 0 Å². The molecule has 0 aliphatic heterocycles. The number of carbonyl (C=O) groups excluding carboxylic acids is 2. The van der Waals surface area contributed by atoms with Crippen LogP contribution in [-0.2, 0) is 19.1 Å². The third-order valence-electron chi connectivity index (χ3n) is 2.28. The summed E-state index contributed by atoms with van der Waals surface area (Å²) in [5.74, 6) is -1.34. The van der Waals surface area contributed by atoms with Crippen molar-refractivity contribution in [2.45, 2.75) is 39.1 Å². The molecular formula is C11H18F3NO4. The largest absolute Gasteiger partial charge is 0.468 e. The standard InChI is InChI=1S/C11H18F3NO4/c1-7(2)15(5-9(16)18-4)10(17)8(3)19-6-11(12,13)14/h7-8H,5-6H2,1-4H3. The van der Waals surface area contributed by atoms with Gasteiger partial charge in [-0.05, 0) is 20.8 Å². The molecule has 0 aromatic heterocycles. The van der Waals surface area contributed by atoms with Gasteiger partial charge in [0.05, 0.1) is 7.11 Å². The van der Waals surface area contributed by atoms with Crippen molar-refractivity contribution in [2.24, 2.45) is 0 Å². The van der Waals surface area contributed by atoms with Crippen LogP contribution >= 0.6 is 0 Å². The molecular weight excluding hydrogens is 267 g/mol. The molecule has 0 radical (unpaired) electrons. The normalized spacial score (nSPS) is 13.3. The van der Waals surface area contributed by atoms with Crippen molar-refractivity contribution >= 4 is 11.9 Å². The summed E-state index contributed by atoms with van der Waals surface area (Å²) in [4.78, 5) is 24.1. The molecule has 112 valence electrons. The molecule has 1 amide bonds. The van der Waals surface area contributed by atoms with E-state index in [-0.39, 0.29) is 12.6 Å². The van der Waals surface area contributed by atoms with Gasteiger partial charge in [-0.1, -0.05) is 0 Å². The van der Waals surface area contributed by atoms with Crippen molar-refractivity contribution in [3.63, 3.8) is 0 Å². The summed E-state index contributed by atoms with van der Waals surface area (Å²) in [7, 11) is 1.16. The molecule has 0 spiro atoms. The third kappa shape index (κ3) is 7.00. The van der Waals surface area contributed by atoms with Gasteiger partial charge >= 0.3 is 12.1 Å². The summed E-state index contributed by atoms with van der Waals surface area (Å²) in [6.45, 7) is 2.64. The van der Waals surface area contributed by atoms with Gasteiger partial charge in [-0.3, -0.25) is 9.59 Å². The maximum Gasteiger partial charge on any atom is 0.411 e. The van der Waals surface area contributed by atoms with Crippen LogP contribution in [0.3, 0.4) is 0 Å². The Labute approximate surface area is 109 Å². The van der Waals surface area contributed by atoms with Crippen molar-refractivity contribution < 1.29 is 32.2 Å². The molecule has 19 heavy (non-hydrogen) atoms. The summed E-state index contributed by atoms with van der Waals surface area (Å²) in [5, 5.41) is 0. The lowest BCUT2D eigenvalue weighted by Gasteiger charge is -2.28. The number of halogens is 3. The zero-order chi connectivity index (χ0) is 15.2. The average molecular weight is 285 g/mol. The first-order valence-electron chi connectivity index (χ1n) is 5.64. The molecule has 0 aliphatic carbocycles. The molecule has 1 unspecified atom stereocenters. The maximum atomic E-state index is 12.0. The number of esters is 1. The maximum absolute atomic E-state index is 12.0. The van der Waals surface area contributed by atoms with Crippen LogP contribution in [0.1, 0.15) is 20.8 Å². The van der Waals surface area contributed by atoms with Crippen molar-refractivity contribution in [1.82, 2.24) is 4.90 Å². The molecule has 5 nitrogen and oxygen atoms in total. The number of hydrogen-bond acceptors (Lipinski definition) is 4. The zero-order valence-electron chi connectivity index (χ0n) is 11.3. The lowest BCUT2D eigenvalue weighted by atomic mass is 10.2. The number of nitrogens with zero attached hydrogens (tertiary/aromatic N) is 1. The Balaban J connectivity index is 4.58. The number of carbonyl (C=O) groups is 2. The number of rotatable bonds is 6. The highest BCUT2D eigenvalue weighted by Gasteiger charge is 2.32.